The Kier molecular flexibility index (Phi) is 8.17. The highest BCUT2D eigenvalue weighted by molar-refractivity contribution is 5.91. The predicted molar refractivity (Wildman–Crippen MR) is 94.9 cm³/mol. The Labute approximate surface area is 147 Å². The molecule has 0 unspecified atom stereocenters. The molecular formula is C19H22N2O4. The van der Waals surface area contributed by atoms with Gasteiger partial charge in [-0.25, -0.2) is 0 Å². The van der Waals surface area contributed by atoms with Gasteiger partial charge in [0.2, 0.25) is 5.91 Å². The Morgan fingerprint density at radius 1 is 1.20 bits per heavy atom. The van der Waals surface area contributed by atoms with Gasteiger partial charge in [-0.3, -0.25) is 9.78 Å². The van der Waals surface area contributed by atoms with E-state index in [-0.39, 0.29) is 12.7 Å². The standard InChI is InChI=1S/C19H22N2O4/c1-23-11-12-24-15-25-18-7-4-16(5-8-18)6-9-19(22)21-14-17-3-2-10-20-13-17/h2-10,13H,11-12,14-15H2,1H3,(H,21,22). The molecule has 1 aromatic heterocycles. The van der Waals surface area contributed by atoms with Crippen molar-refractivity contribution in [2.75, 3.05) is 27.1 Å². The third-order valence-corrected chi connectivity index (χ3v) is 3.24. The lowest BCUT2D eigenvalue weighted by Gasteiger charge is -2.07. The van der Waals surface area contributed by atoms with Crippen molar-refractivity contribution >= 4 is 12.0 Å². The van der Waals surface area contributed by atoms with Crippen molar-refractivity contribution in [2.45, 2.75) is 6.54 Å². The number of nitrogens with one attached hydrogen (secondary N) is 1. The highest BCUT2D eigenvalue weighted by atomic mass is 16.7. The van der Waals surface area contributed by atoms with Crippen molar-refractivity contribution in [3.05, 3.63) is 66.0 Å². The number of rotatable bonds is 10. The van der Waals surface area contributed by atoms with Crippen LogP contribution in [-0.2, 0) is 20.8 Å². The zero-order chi connectivity index (χ0) is 17.7. The Morgan fingerprint density at radius 3 is 2.76 bits per heavy atom. The molecule has 2 rings (SSSR count). The van der Waals surface area contributed by atoms with Crippen LogP contribution in [0.5, 0.6) is 5.75 Å². The summed E-state index contributed by atoms with van der Waals surface area (Å²) in [6.07, 6.45) is 6.67. The molecule has 0 spiro atoms. The zero-order valence-corrected chi connectivity index (χ0v) is 14.2. The summed E-state index contributed by atoms with van der Waals surface area (Å²) >= 11 is 0. The molecule has 0 aliphatic carbocycles. The van der Waals surface area contributed by atoms with Gasteiger partial charge in [-0.15, -0.1) is 0 Å². The molecule has 2 aromatic rings. The average molecular weight is 342 g/mol. The van der Waals surface area contributed by atoms with Crippen molar-refractivity contribution in [1.82, 2.24) is 10.3 Å². The smallest absolute Gasteiger partial charge is 0.244 e. The molecule has 6 heteroatoms. The zero-order valence-electron chi connectivity index (χ0n) is 14.2. The maximum absolute atomic E-state index is 11.8. The van der Waals surface area contributed by atoms with Crippen molar-refractivity contribution < 1.29 is 19.0 Å². The topological polar surface area (TPSA) is 69.7 Å². The molecule has 25 heavy (non-hydrogen) atoms. The van der Waals surface area contributed by atoms with Gasteiger partial charge in [0.1, 0.15) is 5.75 Å². The number of pyridine rings is 1. The summed E-state index contributed by atoms with van der Waals surface area (Å²) in [4.78, 5) is 15.8. The van der Waals surface area contributed by atoms with Crippen LogP contribution in [0, 0.1) is 0 Å². The highest BCUT2D eigenvalue weighted by Gasteiger charge is 1.98. The Bertz CT molecular complexity index is 657. The second kappa shape index (κ2) is 11.0. The van der Waals surface area contributed by atoms with E-state index in [1.54, 1.807) is 25.6 Å². The third kappa shape index (κ3) is 7.60. The van der Waals surface area contributed by atoms with Gasteiger partial charge in [0.25, 0.3) is 0 Å². The molecule has 1 aromatic carbocycles. The van der Waals surface area contributed by atoms with Crippen LogP contribution in [0.2, 0.25) is 0 Å². The predicted octanol–water partition coefficient (Wildman–Crippen LogP) is 2.41. The number of ether oxygens (including phenoxy) is 3. The van der Waals surface area contributed by atoms with Gasteiger partial charge in [-0.2, -0.15) is 0 Å². The maximum atomic E-state index is 11.8. The second-order valence-corrected chi connectivity index (χ2v) is 5.14. The lowest BCUT2D eigenvalue weighted by molar-refractivity contribution is -0.116. The summed E-state index contributed by atoms with van der Waals surface area (Å²) in [7, 11) is 1.62. The van der Waals surface area contributed by atoms with Crippen molar-refractivity contribution in [1.29, 1.82) is 0 Å². The molecule has 0 aliphatic rings. The summed E-state index contributed by atoms with van der Waals surface area (Å²) < 4.78 is 15.5. The Balaban J connectivity index is 1.72. The first-order valence-electron chi connectivity index (χ1n) is 7.92. The molecule has 0 bridgehead atoms. The van der Waals surface area contributed by atoms with E-state index in [1.165, 1.54) is 6.08 Å². The van der Waals surface area contributed by atoms with E-state index in [0.29, 0.717) is 25.5 Å². The molecule has 0 aliphatic heterocycles. The van der Waals surface area contributed by atoms with E-state index in [9.17, 15) is 4.79 Å². The third-order valence-electron chi connectivity index (χ3n) is 3.24. The van der Waals surface area contributed by atoms with Crippen LogP contribution in [0.3, 0.4) is 0 Å². The van der Waals surface area contributed by atoms with Gasteiger partial charge in [0.15, 0.2) is 6.79 Å². The van der Waals surface area contributed by atoms with E-state index in [4.69, 9.17) is 14.2 Å². The first kappa shape index (κ1) is 18.6. The molecule has 0 saturated carbocycles. The van der Waals surface area contributed by atoms with Gasteiger partial charge in [-0.1, -0.05) is 18.2 Å². The summed E-state index contributed by atoms with van der Waals surface area (Å²) in [5.74, 6) is 0.548. The Hall–Kier alpha value is -2.70. The SMILES string of the molecule is COCCOCOc1ccc(C=CC(=O)NCc2cccnc2)cc1. The number of nitrogens with zero attached hydrogens (tertiary/aromatic N) is 1. The largest absolute Gasteiger partial charge is 0.468 e. The number of aromatic nitrogens is 1. The minimum absolute atomic E-state index is 0.157. The van der Waals surface area contributed by atoms with Crippen LogP contribution in [0.1, 0.15) is 11.1 Å². The lowest BCUT2D eigenvalue weighted by atomic mass is 10.2. The minimum atomic E-state index is -0.157. The Morgan fingerprint density at radius 2 is 2.04 bits per heavy atom. The van der Waals surface area contributed by atoms with Crippen LogP contribution in [0.25, 0.3) is 6.08 Å². The number of amides is 1. The number of carbonyl (C=O) groups excluding carboxylic acids is 1. The lowest BCUT2D eigenvalue weighted by Crippen LogP contribution is -2.20. The number of carbonyl (C=O) groups is 1. The maximum Gasteiger partial charge on any atom is 0.244 e. The van der Waals surface area contributed by atoms with Crippen LogP contribution in [0.15, 0.2) is 54.9 Å². The fourth-order valence-corrected chi connectivity index (χ4v) is 1.91. The number of hydrogen-bond acceptors (Lipinski definition) is 5. The molecule has 1 heterocycles. The molecule has 1 amide bonds. The van der Waals surface area contributed by atoms with E-state index in [2.05, 4.69) is 10.3 Å². The first-order chi connectivity index (χ1) is 12.3. The van der Waals surface area contributed by atoms with Crippen LogP contribution < -0.4 is 10.1 Å². The number of benzene rings is 1. The van der Waals surface area contributed by atoms with Crippen LogP contribution >= 0.6 is 0 Å². The first-order valence-corrected chi connectivity index (χ1v) is 7.92. The second-order valence-electron chi connectivity index (χ2n) is 5.14. The average Bonchev–Trinajstić information content (AvgIpc) is 2.66. The summed E-state index contributed by atoms with van der Waals surface area (Å²) in [6.45, 7) is 1.66. The van der Waals surface area contributed by atoms with E-state index >= 15 is 0 Å². The van der Waals surface area contributed by atoms with Gasteiger partial charge in [-0.05, 0) is 35.4 Å². The van der Waals surface area contributed by atoms with Crippen molar-refractivity contribution in [3.63, 3.8) is 0 Å². The van der Waals surface area contributed by atoms with Crippen molar-refractivity contribution in [2.24, 2.45) is 0 Å². The molecule has 1 N–H and O–H groups in total. The van der Waals surface area contributed by atoms with Gasteiger partial charge >= 0.3 is 0 Å². The fraction of sp³-hybridized carbons (Fsp3) is 0.263. The fourth-order valence-electron chi connectivity index (χ4n) is 1.91. The molecule has 0 atom stereocenters. The van der Waals surface area contributed by atoms with Crippen molar-refractivity contribution in [3.8, 4) is 5.75 Å². The molecule has 0 radical (unpaired) electrons. The van der Waals surface area contributed by atoms with Gasteiger partial charge < -0.3 is 19.5 Å². The molecular weight excluding hydrogens is 320 g/mol. The molecule has 132 valence electrons. The number of hydrogen-bond donors (Lipinski definition) is 1. The quantitative estimate of drug-likeness (QED) is 0.408. The molecule has 0 saturated heterocycles. The summed E-state index contributed by atoms with van der Waals surface area (Å²) in [5.41, 5.74) is 1.86. The monoisotopic (exact) mass is 342 g/mol. The van der Waals surface area contributed by atoms with Crippen LogP contribution in [-0.4, -0.2) is 38.0 Å². The van der Waals surface area contributed by atoms with E-state index in [0.717, 1.165) is 11.1 Å². The van der Waals surface area contributed by atoms with Gasteiger partial charge in [0, 0.05) is 32.1 Å². The van der Waals surface area contributed by atoms with Gasteiger partial charge in [0.05, 0.1) is 13.2 Å². The summed E-state index contributed by atoms with van der Waals surface area (Å²) in [5, 5.41) is 2.81. The minimum Gasteiger partial charge on any atom is -0.468 e. The summed E-state index contributed by atoms with van der Waals surface area (Å²) in [6, 6.07) is 11.1. The highest BCUT2D eigenvalue weighted by Crippen LogP contribution is 2.13. The number of methoxy groups -OCH3 is 1. The van der Waals surface area contributed by atoms with E-state index in [1.807, 2.05) is 36.4 Å². The molecule has 6 nitrogen and oxygen atoms in total. The normalized spacial score (nSPS) is 10.8. The molecule has 0 fully saturated rings. The van der Waals surface area contributed by atoms with Crippen LogP contribution in [0.4, 0.5) is 0 Å². The van der Waals surface area contributed by atoms with E-state index < -0.39 is 0 Å².